The Labute approximate surface area is 92.4 Å². The Morgan fingerprint density at radius 2 is 2.20 bits per heavy atom. The number of para-hydroxylation sites is 1. The first-order valence-corrected chi connectivity index (χ1v) is 5.26. The van der Waals surface area contributed by atoms with E-state index in [0.29, 0.717) is 24.1 Å². The summed E-state index contributed by atoms with van der Waals surface area (Å²) in [4.78, 5) is 22.7. The Morgan fingerprint density at radius 1 is 1.40 bits per heavy atom. The van der Waals surface area contributed by atoms with Gasteiger partial charge in [-0.15, -0.1) is 11.6 Å². The van der Waals surface area contributed by atoms with Gasteiger partial charge in [-0.05, 0) is 18.1 Å². The molecule has 15 heavy (non-hydrogen) atoms. The highest BCUT2D eigenvalue weighted by Crippen LogP contribution is 2.26. The summed E-state index contributed by atoms with van der Waals surface area (Å²) < 4.78 is 0. The molecule has 0 atom stereocenters. The van der Waals surface area contributed by atoms with Gasteiger partial charge in [-0.2, -0.15) is 0 Å². The number of anilines is 1. The molecule has 0 bridgehead atoms. The number of carbonyl (C=O) groups excluding carboxylic acids is 2. The predicted molar refractivity (Wildman–Crippen MR) is 58.4 cm³/mol. The van der Waals surface area contributed by atoms with Gasteiger partial charge in [0.25, 0.3) is 0 Å². The van der Waals surface area contributed by atoms with E-state index in [4.69, 9.17) is 11.6 Å². The van der Waals surface area contributed by atoms with Crippen LogP contribution in [0.2, 0.25) is 0 Å². The molecule has 0 aliphatic carbocycles. The number of fused-ring (bicyclic) bond motifs is 1. The van der Waals surface area contributed by atoms with Gasteiger partial charge in [0.05, 0.1) is 11.6 Å². The number of halogens is 1. The van der Waals surface area contributed by atoms with E-state index in [2.05, 4.69) is 5.32 Å². The van der Waals surface area contributed by atoms with Gasteiger partial charge in [-0.1, -0.05) is 12.1 Å². The van der Waals surface area contributed by atoms with Crippen LogP contribution < -0.4 is 5.32 Å². The monoisotopic (exact) mass is 223 g/mol. The minimum Gasteiger partial charge on any atom is -0.325 e. The van der Waals surface area contributed by atoms with Crippen molar-refractivity contribution in [2.45, 2.75) is 12.8 Å². The first kappa shape index (κ1) is 10.2. The number of alkyl halides is 1. The molecule has 2 rings (SSSR count). The molecule has 0 spiro atoms. The summed E-state index contributed by atoms with van der Waals surface area (Å²) in [7, 11) is 0. The number of benzene rings is 1. The molecule has 1 heterocycles. The number of Topliss-reactive ketones (excluding diaryl/α,β-unsaturated/α-hetero) is 1. The van der Waals surface area contributed by atoms with Crippen molar-refractivity contribution in [3.8, 4) is 0 Å². The van der Waals surface area contributed by atoms with Crippen molar-refractivity contribution in [1.82, 2.24) is 0 Å². The van der Waals surface area contributed by atoms with Crippen molar-refractivity contribution in [3.05, 3.63) is 29.3 Å². The Hall–Kier alpha value is -1.35. The van der Waals surface area contributed by atoms with Gasteiger partial charge in [-0.25, -0.2) is 0 Å². The molecular formula is C11H10ClNO2. The Balaban J connectivity index is 2.48. The maximum atomic E-state index is 11.5. The fourth-order valence-corrected chi connectivity index (χ4v) is 1.85. The van der Waals surface area contributed by atoms with Crippen LogP contribution in [0.25, 0.3) is 0 Å². The number of amides is 1. The number of aryl methyl sites for hydroxylation is 1. The van der Waals surface area contributed by atoms with Crippen LogP contribution in [-0.2, 0) is 11.2 Å². The second kappa shape index (κ2) is 4.03. The molecule has 1 aromatic carbocycles. The first-order chi connectivity index (χ1) is 7.22. The lowest BCUT2D eigenvalue weighted by atomic mass is 9.97. The maximum absolute atomic E-state index is 11.5. The summed E-state index contributed by atoms with van der Waals surface area (Å²) >= 11 is 5.50. The van der Waals surface area contributed by atoms with Crippen LogP contribution in [-0.4, -0.2) is 17.6 Å². The lowest BCUT2D eigenvalue weighted by Gasteiger charge is -2.19. The molecule has 1 N–H and O–H groups in total. The Kier molecular flexibility index (Phi) is 2.73. The second-order valence-electron chi connectivity index (χ2n) is 3.44. The van der Waals surface area contributed by atoms with E-state index >= 15 is 0 Å². The van der Waals surface area contributed by atoms with Gasteiger partial charge in [-0.3, -0.25) is 9.59 Å². The topological polar surface area (TPSA) is 46.2 Å². The zero-order chi connectivity index (χ0) is 10.8. The van der Waals surface area contributed by atoms with Gasteiger partial charge in [0, 0.05) is 12.0 Å². The molecule has 0 fully saturated rings. The lowest BCUT2D eigenvalue weighted by molar-refractivity contribution is -0.116. The Bertz CT molecular complexity index is 429. The third-order valence-corrected chi connectivity index (χ3v) is 2.70. The smallest absolute Gasteiger partial charge is 0.224 e. The Morgan fingerprint density at radius 3 is 2.93 bits per heavy atom. The molecule has 3 nitrogen and oxygen atoms in total. The van der Waals surface area contributed by atoms with Gasteiger partial charge >= 0.3 is 0 Å². The fourth-order valence-electron chi connectivity index (χ4n) is 1.71. The van der Waals surface area contributed by atoms with Crippen molar-refractivity contribution < 1.29 is 9.59 Å². The van der Waals surface area contributed by atoms with Crippen LogP contribution in [0.3, 0.4) is 0 Å². The zero-order valence-electron chi connectivity index (χ0n) is 8.05. The molecule has 1 aromatic rings. The van der Waals surface area contributed by atoms with E-state index in [1.165, 1.54) is 0 Å². The molecule has 1 amide bonds. The largest absolute Gasteiger partial charge is 0.325 e. The van der Waals surface area contributed by atoms with E-state index in [1.54, 1.807) is 6.07 Å². The summed E-state index contributed by atoms with van der Waals surface area (Å²) in [5.74, 6) is -0.264. The van der Waals surface area contributed by atoms with Crippen LogP contribution in [0.4, 0.5) is 5.69 Å². The standard InChI is InChI=1S/C11H10ClNO2/c12-6-9(14)8-3-1-2-7-4-5-10(15)13-11(7)8/h1-3H,4-6H2,(H,13,15). The molecule has 0 saturated carbocycles. The normalized spacial score (nSPS) is 14.3. The third-order valence-electron chi connectivity index (χ3n) is 2.46. The molecule has 1 aliphatic rings. The summed E-state index contributed by atoms with van der Waals surface area (Å²) in [5, 5.41) is 2.73. The average Bonchev–Trinajstić information content (AvgIpc) is 2.27. The van der Waals surface area contributed by atoms with Crippen LogP contribution in [0, 0.1) is 0 Å². The molecular weight excluding hydrogens is 214 g/mol. The number of nitrogens with one attached hydrogen (secondary N) is 1. The van der Waals surface area contributed by atoms with Crippen LogP contribution >= 0.6 is 11.6 Å². The molecule has 0 aromatic heterocycles. The highest BCUT2D eigenvalue weighted by molar-refractivity contribution is 6.31. The van der Waals surface area contributed by atoms with Crippen molar-refractivity contribution >= 4 is 29.0 Å². The van der Waals surface area contributed by atoms with E-state index < -0.39 is 0 Å². The summed E-state index contributed by atoms with van der Waals surface area (Å²) in [6, 6.07) is 5.42. The first-order valence-electron chi connectivity index (χ1n) is 4.73. The predicted octanol–water partition coefficient (Wildman–Crippen LogP) is 1.99. The highest BCUT2D eigenvalue weighted by Gasteiger charge is 2.20. The van der Waals surface area contributed by atoms with Gasteiger partial charge in [0.1, 0.15) is 0 Å². The van der Waals surface area contributed by atoms with Crippen LogP contribution in [0.1, 0.15) is 22.3 Å². The van der Waals surface area contributed by atoms with Crippen molar-refractivity contribution in [2.75, 3.05) is 11.2 Å². The highest BCUT2D eigenvalue weighted by atomic mass is 35.5. The van der Waals surface area contributed by atoms with Crippen molar-refractivity contribution in [2.24, 2.45) is 0 Å². The van der Waals surface area contributed by atoms with E-state index in [1.807, 2.05) is 12.1 Å². The maximum Gasteiger partial charge on any atom is 0.224 e. The second-order valence-corrected chi connectivity index (χ2v) is 3.71. The number of rotatable bonds is 2. The molecule has 1 aliphatic heterocycles. The lowest BCUT2D eigenvalue weighted by Crippen LogP contribution is -2.21. The van der Waals surface area contributed by atoms with E-state index in [0.717, 1.165) is 5.56 Å². The number of hydrogen-bond donors (Lipinski definition) is 1. The molecule has 4 heteroatoms. The third kappa shape index (κ3) is 1.88. The number of carbonyl (C=O) groups is 2. The minimum absolute atomic E-state index is 0.0441. The zero-order valence-corrected chi connectivity index (χ0v) is 8.80. The SMILES string of the molecule is O=C1CCc2cccc(C(=O)CCl)c2N1. The molecule has 0 unspecified atom stereocenters. The number of hydrogen-bond acceptors (Lipinski definition) is 2. The number of ketones is 1. The van der Waals surface area contributed by atoms with Crippen LogP contribution in [0.15, 0.2) is 18.2 Å². The summed E-state index contributed by atoms with van der Waals surface area (Å²) in [5.41, 5.74) is 2.15. The molecule has 0 saturated heterocycles. The van der Waals surface area contributed by atoms with Crippen molar-refractivity contribution in [3.63, 3.8) is 0 Å². The van der Waals surface area contributed by atoms with Crippen molar-refractivity contribution in [1.29, 1.82) is 0 Å². The average molecular weight is 224 g/mol. The quantitative estimate of drug-likeness (QED) is 0.616. The summed E-state index contributed by atoms with van der Waals surface area (Å²) in [6.07, 6.45) is 1.16. The van der Waals surface area contributed by atoms with Crippen LogP contribution in [0.5, 0.6) is 0 Å². The molecule has 0 radical (unpaired) electrons. The van der Waals surface area contributed by atoms with Gasteiger partial charge in [0.15, 0.2) is 5.78 Å². The van der Waals surface area contributed by atoms with Gasteiger partial charge in [0.2, 0.25) is 5.91 Å². The molecule has 78 valence electrons. The van der Waals surface area contributed by atoms with Gasteiger partial charge < -0.3 is 5.32 Å². The van der Waals surface area contributed by atoms with E-state index in [-0.39, 0.29) is 17.6 Å². The van der Waals surface area contributed by atoms with E-state index in [9.17, 15) is 9.59 Å². The summed E-state index contributed by atoms with van der Waals surface area (Å²) in [6.45, 7) is 0. The fraction of sp³-hybridized carbons (Fsp3) is 0.273. The minimum atomic E-state index is -0.157.